The molecule has 1 amide bonds. The maximum absolute atomic E-state index is 12.0. The van der Waals surface area contributed by atoms with Crippen molar-refractivity contribution in [3.8, 4) is 0 Å². The van der Waals surface area contributed by atoms with Gasteiger partial charge in [-0.15, -0.1) is 24.0 Å². The number of aliphatic imine (C=N–C) groups is 1. The number of ether oxygens (including phenoxy) is 1. The summed E-state index contributed by atoms with van der Waals surface area (Å²) in [5.74, 6) is 1.97. The van der Waals surface area contributed by atoms with Gasteiger partial charge in [-0.2, -0.15) is 0 Å². The van der Waals surface area contributed by atoms with Crippen LogP contribution in [-0.4, -0.2) is 56.1 Å². The Morgan fingerprint density at radius 1 is 1.29 bits per heavy atom. The van der Waals surface area contributed by atoms with Crippen LogP contribution >= 0.6 is 24.0 Å². The van der Waals surface area contributed by atoms with Gasteiger partial charge in [0.2, 0.25) is 5.91 Å². The van der Waals surface area contributed by atoms with Gasteiger partial charge in [-0.05, 0) is 44.7 Å². The fraction of sp³-hybridized carbons (Fsp3) is 0.700. The van der Waals surface area contributed by atoms with E-state index in [0.29, 0.717) is 32.1 Å². The van der Waals surface area contributed by atoms with Crippen molar-refractivity contribution in [1.29, 1.82) is 0 Å². The van der Waals surface area contributed by atoms with E-state index in [1.165, 1.54) is 6.42 Å². The average molecular weight is 506 g/mol. The number of nitrogens with one attached hydrogen (secondary N) is 2. The van der Waals surface area contributed by atoms with E-state index in [9.17, 15) is 4.79 Å². The van der Waals surface area contributed by atoms with Gasteiger partial charge in [0.15, 0.2) is 5.96 Å². The fourth-order valence-corrected chi connectivity index (χ4v) is 3.02. The van der Waals surface area contributed by atoms with Gasteiger partial charge in [0.1, 0.15) is 12.4 Å². The van der Waals surface area contributed by atoms with Crippen LogP contribution in [0.3, 0.4) is 0 Å². The quantitative estimate of drug-likeness (QED) is 0.209. The van der Waals surface area contributed by atoms with E-state index in [-0.39, 0.29) is 24.0 Å². The predicted octanol–water partition coefficient (Wildman–Crippen LogP) is 3.15. The van der Waals surface area contributed by atoms with Crippen molar-refractivity contribution in [2.45, 2.75) is 52.1 Å². The Balaban J connectivity index is 0.00000392. The topological polar surface area (TPSA) is 79.1 Å². The van der Waals surface area contributed by atoms with Gasteiger partial charge in [-0.25, -0.2) is 0 Å². The third-order valence-electron chi connectivity index (χ3n) is 4.45. The van der Waals surface area contributed by atoms with Crippen LogP contribution in [0.4, 0.5) is 0 Å². The summed E-state index contributed by atoms with van der Waals surface area (Å²) < 4.78 is 10.8. The summed E-state index contributed by atoms with van der Waals surface area (Å²) in [7, 11) is 0. The zero-order valence-electron chi connectivity index (χ0n) is 17.0. The number of nitrogens with zero attached hydrogens (tertiary/aromatic N) is 2. The second-order valence-corrected chi connectivity index (χ2v) is 6.72. The molecular weight excluding hydrogens is 471 g/mol. The van der Waals surface area contributed by atoms with E-state index in [1.54, 1.807) is 6.26 Å². The Bertz CT molecular complexity index is 552. The number of furan rings is 1. The van der Waals surface area contributed by atoms with E-state index >= 15 is 0 Å². The molecule has 2 heterocycles. The normalized spacial score (nSPS) is 15.1. The molecule has 2 N–H and O–H groups in total. The standard InChI is InChI=1S/C20H34N4O3.HI/c1-2-21-20(23-12-8-15-26-17-18-9-6-16-27-18)22-11-7-14-24-13-5-3-4-10-19(24)25;/h6,9,16H,2-5,7-8,10-15,17H2,1H3,(H2,21,22,23);1H. The molecule has 0 unspecified atom stereocenters. The number of carbonyl (C=O) groups is 1. The minimum absolute atomic E-state index is 0. The Morgan fingerprint density at radius 2 is 2.18 bits per heavy atom. The monoisotopic (exact) mass is 506 g/mol. The van der Waals surface area contributed by atoms with Crippen molar-refractivity contribution < 1.29 is 13.9 Å². The Labute approximate surface area is 185 Å². The zero-order valence-corrected chi connectivity index (χ0v) is 19.3. The maximum atomic E-state index is 12.0. The summed E-state index contributed by atoms with van der Waals surface area (Å²) in [4.78, 5) is 18.6. The summed E-state index contributed by atoms with van der Waals surface area (Å²) in [6, 6.07) is 3.77. The molecule has 0 radical (unpaired) electrons. The highest BCUT2D eigenvalue weighted by molar-refractivity contribution is 14.0. The molecule has 1 saturated heterocycles. The number of halogens is 1. The summed E-state index contributed by atoms with van der Waals surface area (Å²) in [6.45, 7) is 7.29. The lowest BCUT2D eigenvalue weighted by atomic mass is 10.2. The molecule has 1 aliphatic rings. The lowest BCUT2D eigenvalue weighted by molar-refractivity contribution is -0.130. The number of amides is 1. The highest BCUT2D eigenvalue weighted by atomic mass is 127. The Morgan fingerprint density at radius 3 is 2.96 bits per heavy atom. The van der Waals surface area contributed by atoms with E-state index in [2.05, 4.69) is 22.5 Å². The predicted molar refractivity (Wildman–Crippen MR) is 122 cm³/mol. The molecule has 0 atom stereocenters. The van der Waals surface area contributed by atoms with Crippen LogP contribution in [0.15, 0.2) is 27.8 Å². The number of hydrogen-bond acceptors (Lipinski definition) is 4. The van der Waals surface area contributed by atoms with E-state index in [0.717, 1.165) is 63.6 Å². The maximum Gasteiger partial charge on any atom is 0.222 e. The molecule has 0 bridgehead atoms. The summed E-state index contributed by atoms with van der Waals surface area (Å²) in [6.07, 6.45) is 7.48. The van der Waals surface area contributed by atoms with Crippen molar-refractivity contribution in [3.63, 3.8) is 0 Å². The first-order valence-corrected chi connectivity index (χ1v) is 10.2. The van der Waals surface area contributed by atoms with Crippen LogP contribution in [0.1, 0.15) is 51.2 Å². The van der Waals surface area contributed by atoms with Gasteiger partial charge in [0.05, 0.1) is 6.26 Å². The van der Waals surface area contributed by atoms with Crippen molar-refractivity contribution in [3.05, 3.63) is 24.2 Å². The van der Waals surface area contributed by atoms with Crippen LogP contribution in [-0.2, 0) is 16.1 Å². The fourth-order valence-electron chi connectivity index (χ4n) is 3.02. The van der Waals surface area contributed by atoms with Crippen molar-refractivity contribution in [2.75, 3.05) is 39.3 Å². The molecule has 28 heavy (non-hydrogen) atoms. The third-order valence-corrected chi connectivity index (χ3v) is 4.45. The second kappa shape index (κ2) is 15.6. The van der Waals surface area contributed by atoms with E-state index in [4.69, 9.17) is 9.15 Å². The first-order chi connectivity index (χ1) is 13.3. The molecular formula is C20H35IN4O3. The minimum Gasteiger partial charge on any atom is -0.467 e. The van der Waals surface area contributed by atoms with Crippen LogP contribution in [0, 0.1) is 0 Å². The van der Waals surface area contributed by atoms with Gasteiger partial charge in [-0.1, -0.05) is 6.42 Å². The molecule has 8 heteroatoms. The lowest BCUT2D eigenvalue weighted by Crippen LogP contribution is -2.38. The Hall–Kier alpha value is -1.29. The molecule has 160 valence electrons. The van der Waals surface area contributed by atoms with Crippen molar-refractivity contribution in [1.82, 2.24) is 15.5 Å². The zero-order chi connectivity index (χ0) is 19.2. The summed E-state index contributed by atoms with van der Waals surface area (Å²) in [5.41, 5.74) is 0. The van der Waals surface area contributed by atoms with Gasteiger partial charge in [0, 0.05) is 45.8 Å². The molecule has 1 aliphatic heterocycles. The van der Waals surface area contributed by atoms with Crippen LogP contribution < -0.4 is 10.6 Å². The SMILES string of the molecule is CCNC(=NCCCN1CCCCCC1=O)NCCCOCc1ccco1.I. The third kappa shape index (κ3) is 10.3. The number of likely N-dealkylation sites (tertiary alicyclic amines) is 1. The second-order valence-electron chi connectivity index (χ2n) is 6.72. The lowest BCUT2D eigenvalue weighted by Gasteiger charge is -2.20. The van der Waals surface area contributed by atoms with Crippen molar-refractivity contribution in [2.24, 2.45) is 4.99 Å². The smallest absolute Gasteiger partial charge is 0.222 e. The molecule has 7 nitrogen and oxygen atoms in total. The van der Waals surface area contributed by atoms with Crippen LogP contribution in [0.5, 0.6) is 0 Å². The molecule has 1 fully saturated rings. The first kappa shape index (κ1) is 24.7. The highest BCUT2D eigenvalue weighted by Gasteiger charge is 2.15. The molecule has 0 aromatic carbocycles. The van der Waals surface area contributed by atoms with Gasteiger partial charge in [-0.3, -0.25) is 9.79 Å². The number of carbonyl (C=O) groups excluding carboxylic acids is 1. The van der Waals surface area contributed by atoms with Crippen LogP contribution in [0.2, 0.25) is 0 Å². The highest BCUT2D eigenvalue weighted by Crippen LogP contribution is 2.11. The molecule has 0 spiro atoms. The average Bonchev–Trinajstić information content (AvgIpc) is 3.10. The minimum atomic E-state index is 0. The van der Waals surface area contributed by atoms with Crippen molar-refractivity contribution >= 4 is 35.8 Å². The van der Waals surface area contributed by atoms with Gasteiger partial charge in [0.25, 0.3) is 0 Å². The molecule has 0 aliphatic carbocycles. The van der Waals surface area contributed by atoms with E-state index in [1.807, 2.05) is 17.0 Å². The van der Waals surface area contributed by atoms with Crippen LogP contribution in [0.25, 0.3) is 0 Å². The largest absolute Gasteiger partial charge is 0.467 e. The molecule has 1 aromatic rings. The summed E-state index contributed by atoms with van der Waals surface area (Å²) in [5, 5.41) is 6.58. The van der Waals surface area contributed by atoms with Gasteiger partial charge >= 0.3 is 0 Å². The molecule has 2 rings (SSSR count). The number of guanidine groups is 1. The van der Waals surface area contributed by atoms with Gasteiger partial charge < -0.3 is 24.7 Å². The molecule has 0 saturated carbocycles. The van der Waals surface area contributed by atoms with E-state index < -0.39 is 0 Å². The number of rotatable bonds is 11. The molecule has 1 aromatic heterocycles. The summed E-state index contributed by atoms with van der Waals surface area (Å²) >= 11 is 0. The number of hydrogen-bond donors (Lipinski definition) is 2. The Kier molecular flexibility index (Phi) is 13.8. The first-order valence-electron chi connectivity index (χ1n) is 10.2.